The molecule has 238 valence electrons. The van der Waals surface area contributed by atoms with Gasteiger partial charge in [0.15, 0.2) is 4.80 Å². The van der Waals surface area contributed by atoms with E-state index in [0.717, 1.165) is 16.2 Å². The number of carbonyl (C=O) groups excluding carboxylic acids is 1. The van der Waals surface area contributed by atoms with E-state index < -0.39 is 16.5 Å². The number of hydrogen-bond donors (Lipinski definition) is 0. The van der Waals surface area contributed by atoms with Crippen LogP contribution in [0, 0.1) is 10.1 Å². The van der Waals surface area contributed by atoms with Crippen LogP contribution >= 0.6 is 34.7 Å². The lowest BCUT2D eigenvalue weighted by Gasteiger charge is -2.30. The van der Waals surface area contributed by atoms with Gasteiger partial charge in [-0.15, -0.1) is 0 Å². The van der Waals surface area contributed by atoms with E-state index in [1.807, 2.05) is 26.0 Å². The van der Waals surface area contributed by atoms with Crippen LogP contribution in [0.3, 0.4) is 0 Å². The number of allylic oxidation sites excluding steroid dienone is 1. The van der Waals surface area contributed by atoms with Gasteiger partial charge in [0.2, 0.25) is 0 Å². The van der Waals surface area contributed by atoms with Gasteiger partial charge in [0, 0.05) is 45.6 Å². The zero-order valence-electron chi connectivity index (χ0n) is 25.8. The van der Waals surface area contributed by atoms with Crippen LogP contribution in [0.25, 0.3) is 6.08 Å². The highest BCUT2D eigenvalue weighted by Crippen LogP contribution is 2.38. The number of fused-ring (bicyclic) bond motifs is 1. The number of carbonyl (C=O) groups is 1. The summed E-state index contributed by atoms with van der Waals surface area (Å²) < 4.78 is 13.0. The van der Waals surface area contributed by atoms with E-state index in [1.54, 1.807) is 61.4 Å². The van der Waals surface area contributed by atoms with Crippen LogP contribution in [0.15, 0.2) is 91.5 Å². The maximum atomic E-state index is 14.4. The van der Waals surface area contributed by atoms with Crippen LogP contribution in [0.1, 0.15) is 37.9 Å². The molecular formula is C33H31ClN4O6S2. The lowest BCUT2D eigenvalue weighted by atomic mass is 9.93. The third kappa shape index (κ3) is 6.46. The van der Waals surface area contributed by atoms with Crippen LogP contribution in [0.2, 0.25) is 5.02 Å². The molecule has 0 fully saturated rings. The van der Waals surface area contributed by atoms with Crippen molar-refractivity contribution < 1.29 is 19.2 Å². The minimum atomic E-state index is -0.871. The zero-order chi connectivity index (χ0) is 33.1. The summed E-state index contributed by atoms with van der Waals surface area (Å²) in [5, 5.41) is 12.3. The molecule has 0 saturated heterocycles. The van der Waals surface area contributed by atoms with Gasteiger partial charge in [0.05, 0.1) is 34.9 Å². The number of thiazole rings is 1. The molecule has 2 heterocycles. The Morgan fingerprint density at radius 1 is 1.11 bits per heavy atom. The lowest BCUT2D eigenvalue weighted by Crippen LogP contribution is -2.43. The fourth-order valence-electron chi connectivity index (χ4n) is 5.25. The van der Waals surface area contributed by atoms with Gasteiger partial charge in [-0.3, -0.25) is 24.3 Å². The Labute approximate surface area is 278 Å². The molecule has 1 aliphatic heterocycles. The van der Waals surface area contributed by atoms with Crippen molar-refractivity contribution in [3.05, 3.63) is 118 Å². The van der Waals surface area contributed by atoms with Crippen molar-refractivity contribution in [2.75, 3.05) is 27.3 Å². The fraction of sp³-hybridized carbons (Fsp3) is 0.242. The summed E-state index contributed by atoms with van der Waals surface area (Å²) in [6.07, 6.45) is 1.64. The van der Waals surface area contributed by atoms with Crippen LogP contribution in [-0.4, -0.2) is 47.6 Å². The predicted octanol–water partition coefficient (Wildman–Crippen LogP) is 5.83. The number of benzene rings is 3. The summed E-state index contributed by atoms with van der Waals surface area (Å²) in [6.45, 7) is 6.49. The zero-order valence-corrected chi connectivity index (χ0v) is 28.2. The predicted molar refractivity (Wildman–Crippen MR) is 180 cm³/mol. The van der Waals surface area contributed by atoms with Crippen molar-refractivity contribution in [1.29, 1.82) is 0 Å². The summed E-state index contributed by atoms with van der Waals surface area (Å²) in [7, 11) is 3.07. The van der Waals surface area contributed by atoms with Gasteiger partial charge in [0.25, 0.3) is 17.2 Å². The number of amides is 1. The topological polar surface area (TPSA) is 116 Å². The largest absolute Gasteiger partial charge is 0.497 e. The Morgan fingerprint density at radius 3 is 2.46 bits per heavy atom. The highest BCUT2D eigenvalue weighted by molar-refractivity contribution is 7.99. The molecule has 46 heavy (non-hydrogen) atoms. The molecule has 0 N–H and O–H groups in total. The first-order chi connectivity index (χ1) is 22.1. The van der Waals surface area contributed by atoms with Crippen molar-refractivity contribution in [2.24, 2.45) is 4.99 Å². The van der Waals surface area contributed by atoms with Gasteiger partial charge in [-0.25, -0.2) is 4.99 Å². The van der Waals surface area contributed by atoms with Gasteiger partial charge in [-0.2, -0.15) is 0 Å². The average molecular weight is 679 g/mol. The molecule has 10 nitrogen and oxygen atoms in total. The number of nitro groups is 1. The Morgan fingerprint density at radius 2 is 1.83 bits per heavy atom. The molecule has 1 aromatic heterocycles. The maximum Gasteiger partial charge on any atom is 0.271 e. The Hall–Kier alpha value is -4.39. The SMILES string of the molecule is CCN(CC)C(=O)C1=C(C)N=c2s/c(=C\c3cc([N+](=O)[O-])ccc3Sc3ccc(Cl)cc3)c(=O)n2[C@@H]1c1cc(OC)ccc1OC. The number of rotatable bonds is 10. The number of likely N-dealkylation sites (N-methyl/N-ethyl adjacent to an activating group) is 1. The number of ether oxygens (including phenoxy) is 2. The summed E-state index contributed by atoms with van der Waals surface area (Å²) in [4.78, 5) is 48.0. The number of nitrogens with zero attached hydrogens (tertiary/aromatic N) is 4. The smallest absolute Gasteiger partial charge is 0.271 e. The van der Waals surface area contributed by atoms with Gasteiger partial charge in [-0.05, 0) is 80.9 Å². The third-order valence-electron chi connectivity index (χ3n) is 7.57. The van der Waals surface area contributed by atoms with Crippen molar-refractivity contribution in [3.63, 3.8) is 0 Å². The van der Waals surface area contributed by atoms with E-state index in [9.17, 15) is 19.7 Å². The van der Waals surface area contributed by atoms with Crippen molar-refractivity contribution in [2.45, 2.75) is 36.6 Å². The molecule has 13 heteroatoms. The normalized spacial score (nSPS) is 14.5. The van der Waals surface area contributed by atoms with Crippen molar-refractivity contribution >= 4 is 52.4 Å². The Bertz CT molecular complexity index is 2030. The standard InChI is InChI=1S/C33H31ClN4O6S2/c1-6-36(7-2)32(40)29-19(3)35-33-37(30(29)25-18-23(43-4)11-14-26(25)44-5)31(39)28(46-33)17-20-16-22(38(41)42)10-15-27(20)45-24-12-8-21(34)9-13-24/h8-18,30H,6-7H2,1-5H3/b28-17-/t30-/m1/s1. The number of hydrogen-bond acceptors (Lipinski definition) is 9. The maximum absolute atomic E-state index is 14.4. The molecule has 1 amide bonds. The van der Waals surface area contributed by atoms with E-state index in [1.165, 1.54) is 35.6 Å². The number of aromatic nitrogens is 1. The summed E-state index contributed by atoms with van der Waals surface area (Å²) >= 11 is 8.61. The molecule has 3 aromatic carbocycles. The molecule has 0 radical (unpaired) electrons. The van der Waals surface area contributed by atoms with E-state index in [4.69, 9.17) is 26.1 Å². The number of methoxy groups -OCH3 is 2. The molecule has 0 saturated carbocycles. The van der Waals surface area contributed by atoms with Crippen LogP contribution in [-0.2, 0) is 4.79 Å². The average Bonchev–Trinajstić information content (AvgIpc) is 3.35. The first kappa shape index (κ1) is 33.0. The van der Waals surface area contributed by atoms with Gasteiger partial charge < -0.3 is 14.4 Å². The van der Waals surface area contributed by atoms with Gasteiger partial charge in [0.1, 0.15) is 17.5 Å². The van der Waals surface area contributed by atoms with Crippen LogP contribution in [0.4, 0.5) is 5.69 Å². The third-order valence-corrected chi connectivity index (χ3v) is 9.90. The van der Waals surface area contributed by atoms with Crippen molar-refractivity contribution in [3.8, 4) is 11.5 Å². The molecule has 0 unspecified atom stereocenters. The number of non-ortho nitro benzene ring substituents is 1. The Balaban J connectivity index is 1.76. The highest BCUT2D eigenvalue weighted by atomic mass is 35.5. The molecule has 5 rings (SSSR count). The molecule has 0 aliphatic carbocycles. The fourth-order valence-corrected chi connectivity index (χ4v) is 7.31. The molecule has 0 spiro atoms. The number of nitro benzene ring substituents is 1. The first-order valence-electron chi connectivity index (χ1n) is 14.4. The molecule has 1 aliphatic rings. The highest BCUT2D eigenvalue weighted by Gasteiger charge is 2.36. The molecule has 4 aromatic rings. The van der Waals surface area contributed by atoms with Crippen LogP contribution in [0.5, 0.6) is 11.5 Å². The quantitative estimate of drug-likeness (QED) is 0.153. The summed E-state index contributed by atoms with van der Waals surface area (Å²) in [6, 6.07) is 16.1. The number of halogens is 1. The Kier molecular flexibility index (Phi) is 10.00. The minimum Gasteiger partial charge on any atom is -0.497 e. The van der Waals surface area contributed by atoms with E-state index >= 15 is 0 Å². The van der Waals surface area contributed by atoms with E-state index in [2.05, 4.69) is 0 Å². The van der Waals surface area contributed by atoms with E-state index in [0.29, 0.717) is 66.2 Å². The molecule has 0 bridgehead atoms. The second kappa shape index (κ2) is 13.9. The van der Waals surface area contributed by atoms with Crippen LogP contribution < -0.4 is 24.4 Å². The van der Waals surface area contributed by atoms with Gasteiger partial charge in [-0.1, -0.05) is 34.7 Å². The molecule has 1 atom stereocenters. The lowest BCUT2D eigenvalue weighted by molar-refractivity contribution is -0.384. The first-order valence-corrected chi connectivity index (χ1v) is 16.4. The van der Waals surface area contributed by atoms with E-state index in [-0.39, 0.29) is 11.6 Å². The summed E-state index contributed by atoms with van der Waals surface area (Å²) in [5.41, 5.74) is 1.38. The minimum absolute atomic E-state index is 0.110. The van der Waals surface area contributed by atoms with Crippen molar-refractivity contribution in [1.82, 2.24) is 9.47 Å². The second-order valence-corrected chi connectivity index (χ2v) is 12.8. The summed E-state index contributed by atoms with van der Waals surface area (Å²) in [5.74, 6) is 0.763. The monoisotopic (exact) mass is 678 g/mol. The van der Waals surface area contributed by atoms with Gasteiger partial charge >= 0.3 is 0 Å². The molecular weight excluding hydrogens is 648 g/mol. The second-order valence-electron chi connectivity index (χ2n) is 10.2.